The van der Waals surface area contributed by atoms with Gasteiger partial charge >= 0.3 is 6.03 Å². The number of hydrogen-bond donors (Lipinski definition) is 2. The van der Waals surface area contributed by atoms with Crippen LogP contribution in [0.2, 0.25) is 5.02 Å². The van der Waals surface area contributed by atoms with E-state index in [-0.39, 0.29) is 23.2 Å². The molecule has 0 aromatic heterocycles. The summed E-state index contributed by atoms with van der Waals surface area (Å²) < 4.78 is 13.2. The second-order valence-corrected chi connectivity index (χ2v) is 4.93. The van der Waals surface area contributed by atoms with Crippen LogP contribution < -0.4 is 10.6 Å². The molecule has 108 valence electrons. The van der Waals surface area contributed by atoms with Gasteiger partial charge in [-0.05, 0) is 31.0 Å². The highest BCUT2D eigenvalue weighted by Gasteiger charge is 2.18. The van der Waals surface area contributed by atoms with E-state index in [9.17, 15) is 14.0 Å². The molecule has 2 N–H and O–H groups in total. The number of likely N-dealkylation sites (tertiary alicyclic amines) is 1. The van der Waals surface area contributed by atoms with Crippen LogP contribution in [0.5, 0.6) is 0 Å². The molecule has 5 nitrogen and oxygen atoms in total. The molecule has 2 rings (SSSR count). The second kappa shape index (κ2) is 6.56. The summed E-state index contributed by atoms with van der Waals surface area (Å²) in [5.74, 6) is -0.724. The summed E-state index contributed by atoms with van der Waals surface area (Å²) in [6.45, 7) is 1.41. The Hall–Kier alpha value is -1.82. The molecule has 1 saturated heterocycles. The van der Waals surface area contributed by atoms with Crippen LogP contribution in [-0.4, -0.2) is 36.5 Å². The molecular formula is C13H15ClFN3O2. The minimum atomic E-state index is -0.613. The number of amides is 3. The van der Waals surface area contributed by atoms with Crippen LogP contribution in [-0.2, 0) is 4.79 Å². The van der Waals surface area contributed by atoms with Gasteiger partial charge in [0.05, 0.1) is 11.6 Å². The number of benzene rings is 1. The number of nitrogens with zero attached hydrogens (tertiary/aromatic N) is 1. The van der Waals surface area contributed by atoms with Crippen molar-refractivity contribution >= 4 is 29.2 Å². The molecule has 1 fully saturated rings. The fraction of sp³-hybridized carbons (Fsp3) is 0.385. The lowest BCUT2D eigenvalue weighted by molar-refractivity contribution is -0.128. The van der Waals surface area contributed by atoms with E-state index in [2.05, 4.69) is 10.6 Å². The molecule has 0 unspecified atom stereocenters. The van der Waals surface area contributed by atoms with Gasteiger partial charge in [-0.25, -0.2) is 9.18 Å². The highest BCUT2D eigenvalue weighted by atomic mass is 35.5. The number of nitrogens with one attached hydrogen (secondary N) is 2. The molecule has 1 aliphatic rings. The van der Waals surface area contributed by atoms with Crippen molar-refractivity contribution in [1.82, 2.24) is 10.2 Å². The van der Waals surface area contributed by atoms with Gasteiger partial charge in [0.15, 0.2) is 0 Å². The molecule has 1 aliphatic heterocycles. The number of anilines is 1. The van der Waals surface area contributed by atoms with Gasteiger partial charge in [0, 0.05) is 18.8 Å². The van der Waals surface area contributed by atoms with Crippen molar-refractivity contribution in [3.05, 3.63) is 29.0 Å². The summed E-state index contributed by atoms with van der Waals surface area (Å²) in [6, 6.07) is 3.39. The van der Waals surface area contributed by atoms with E-state index >= 15 is 0 Å². The maximum atomic E-state index is 13.2. The molecule has 3 amide bonds. The van der Waals surface area contributed by atoms with Crippen molar-refractivity contribution in [3.8, 4) is 0 Å². The summed E-state index contributed by atoms with van der Waals surface area (Å²) in [6.07, 6.45) is 2.00. The fourth-order valence-electron chi connectivity index (χ4n) is 1.98. The van der Waals surface area contributed by atoms with E-state index in [4.69, 9.17) is 11.6 Å². The van der Waals surface area contributed by atoms with Crippen molar-refractivity contribution in [2.75, 3.05) is 25.0 Å². The molecule has 0 radical (unpaired) electrons. The van der Waals surface area contributed by atoms with Gasteiger partial charge in [0.2, 0.25) is 5.91 Å². The van der Waals surface area contributed by atoms with Crippen LogP contribution in [0.4, 0.5) is 14.9 Å². The van der Waals surface area contributed by atoms with Gasteiger partial charge in [0.1, 0.15) is 5.82 Å². The Bertz CT molecular complexity index is 518. The first kappa shape index (κ1) is 14.6. The summed E-state index contributed by atoms with van der Waals surface area (Å²) in [5, 5.41) is 4.87. The van der Waals surface area contributed by atoms with Crippen molar-refractivity contribution in [2.45, 2.75) is 12.8 Å². The van der Waals surface area contributed by atoms with Crippen molar-refractivity contribution in [2.24, 2.45) is 0 Å². The first-order chi connectivity index (χ1) is 9.56. The summed E-state index contributed by atoms with van der Waals surface area (Å²) in [5.41, 5.74) is 0.276. The molecular weight excluding hydrogens is 285 g/mol. The Morgan fingerprint density at radius 3 is 2.65 bits per heavy atom. The van der Waals surface area contributed by atoms with E-state index in [1.165, 1.54) is 12.1 Å². The predicted octanol–water partition coefficient (Wildman–Crippen LogP) is 2.22. The Labute approximate surface area is 121 Å². The zero-order valence-electron chi connectivity index (χ0n) is 10.8. The zero-order chi connectivity index (χ0) is 14.5. The monoisotopic (exact) mass is 299 g/mol. The van der Waals surface area contributed by atoms with Crippen molar-refractivity contribution in [3.63, 3.8) is 0 Å². The predicted molar refractivity (Wildman–Crippen MR) is 74.2 cm³/mol. The smallest absolute Gasteiger partial charge is 0.319 e. The summed E-state index contributed by atoms with van der Waals surface area (Å²) in [4.78, 5) is 25.0. The van der Waals surface area contributed by atoms with Gasteiger partial charge < -0.3 is 15.5 Å². The van der Waals surface area contributed by atoms with Crippen LogP contribution in [0.1, 0.15) is 12.8 Å². The maximum Gasteiger partial charge on any atom is 0.319 e. The number of carbonyl (C=O) groups excluding carboxylic acids is 2. The summed E-state index contributed by atoms with van der Waals surface area (Å²) in [7, 11) is 0. The van der Waals surface area contributed by atoms with Gasteiger partial charge in [-0.1, -0.05) is 11.6 Å². The normalized spacial score (nSPS) is 14.2. The van der Waals surface area contributed by atoms with Crippen LogP contribution in [0.15, 0.2) is 18.2 Å². The van der Waals surface area contributed by atoms with Crippen LogP contribution in [0.25, 0.3) is 0 Å². The topological polar surface area (TPSA) is 61.4 Å². The first-order valence-corrected chi connectivity index (χ1v) is 6.72. The molecule has 0 bridgehead atoms. The quantitative estimate of drug-likeness (QED) is 0.899. The molecule has 0 atom stereocenters. The minimum absolute atomic E-state index is 0.0137. The van der Waals surface area contributed by atoms with E-state index < -0.39 is 11.8 Å². The van der Waals surface area contributed by atoms with Crippen LogP contribution >= 0.6 is 11.6 Å². The van der Waals surface area contributed by atoms with E-state index in [1.807, 2.05) is 0 Å². The second-order valence-electron chi connectivity index (χ2n) is 4.52. The summed E-state index contributed by atoms with van der Waals surface area (Å²) >= 11 is 5.54. The lowest BCUT2D eigenvalue weighted by Crippen LogP contribution is -2.40. The molecule has 1 heterocycles. The number of halogens is 2. The molecule has 20 heavy (non-hydrogen) atoms. The maximum absolute atomic E-state index is 13.2. The average Bonchev–Trinajstić information content (AvgIpc) is 2.94. The third-order valence-electron chi connectivity index (χ3n) is 3.04. The van der Waals surface area contributed by atoms with Crippen LogP contribution in [0, 0.1) is 5.82 Å². The molecule has 0 aliphatic carbocycles. The molecule has 7 heteroatoms. The lowest BCUT2D eigenvalue weighted by Gasteiger charge is -2.15. The van der Waals surface area contributed by atoms with Gasteiger partial charge in [-0.15, -0.1) is 0 Å². The number of urea groups is 1. The molecule has 1 aromatic carbocycles. The number of carbonyl (C=O) groups is 2. The Balaban J connectivity index is 1.80. The van der Waals surface area contributed by atoms with Gasteiger partial charge in [-0.2, -0.15) is 0 Å². The lowest BCUT2D eigenvalue weighted by atomic mass is 10.3. The fourth-order valence-corrected chi connectivity index (χ4v) is 2.10. The Kier molecular flexibility index (Phi) is 4.79. The first-order valence-electron chi connectivity index (χ1n) is 6.34. The third kappa shape index (κ3) is 3.84. The molecule has 0 saturated carbocycles. The number of rotatable bonds is 3. The highest BCUT2D eigenvalue weighted by molar-refractivity contribution is 6.30. The van der Waals surface area contributed by atoms with Gasteiger partial charge in [-0.3, -0.25) is 4.79 Å². The Morgan fingerprint density at radius 2 is 2.00 bits per heavy atom. The minimum Gasteiger partial charge on any atom is -0.341 e. The molecule has 0 spiro atoms. The van der Waals surface area contributed by atoms with Gasteiger partial charge in [0.25, 0.3) is 0 Å². The van der Waals surface area contributed by atoms with E-state index in [0.717, 1.165) is 32.0 Å². The van der Waals surface area contributed by atoms with E-state index in [1.54, 1.807) is 4.90 Å². The van der Waals surface area contributed by atoms with E-state index in [0.29, 0.717) is 0 Å². The zero-order valence-corrected chi connectivity index (χ0v) is 11.5. The van der Waals surface area contributed by atoms with Crippen molar-refractivity contribution in [1.29, 1.82) is 0 Å². The SMILES string of the molecule is O=C(NCC(=O)N1CCCC1)Nc1ccc(Cl)c(F)c1. The van der Waals surface area contributed by atoms with Crippen LogP contribution in [0.3, 0.4) is 0 Å². The average molecular weight is 300 g/mol. The Morgan fingerprint density at radius 1 is 1.30 bits per heavy atom. The third-order valence-corrected chi connectivity index (χ3v) is 3.34. The number of hydrogen-bond acceptors (Lipinski definition) is 2. The standard InChI is InChI=1S/C13H15ClFN3O2/c14-10-4-3-9(7-11(10)15)17-13(20)16-8-12(19)18-5-1-2-6-18/h3-4,7H,1-2,5-6,8H2,(H2,16,17,20). The largest absolute Gasteiger partial charge is 0.341 e. The molecule has 1 aromatic rings. The van der Waals surface area contributed by atoms with Crippen molar-refractivity contribution < 1.29 is 14.0 Å². The highest BCUT2D eigenvalue weighted by Crippen LogP contribution is 2.18.